The van der Waals surface area contributed by atoms with Crippen LogP contribution < -0.4 is 0 Å². The molecule has 0 amide bonds. The van der Waals surface area contributed by atoms with E-state index < -0.39 is 0 Å². The Morgan fingerprint density at radius 1 is 0.960 bits per heavy atom. The summed E-state index contributed by atoms with van der Waals surface area (Å²) >= 11 is 0. The standard InChI is InChI=1S/C20H25N5/c1-2-9-20(25-15-6-12-22-25)18(7-1)17-23-13-4-3-8-19(23)10-16-24-14-5-11-21-24/h1-2,5-7,9,11-12,14-15,19H,3-4,8,10,13,16-17H2/t19-/m0/s1. The molecule has 0 radical (unpaired) electrons. The van der Waals surface area contributed by atoms with Crippen LogP contribution in [-0.4, -0.2) is 37.0 Å². The molecule has 1 fully saturated rings. The Morgan fingerprint density at radius 2 is 1.84 bits per heavy atom. The molecule has 3 heterocycles. The Labute approximate surface area is 148 Å². The first-order chi connectivity index (χ1) is 12.4. The van der Waals surface area contributed by atoms with Gasteiger partial charge in [0, 0.05) is 43.9 Å². The van der Waals surface area contributed by atoms with Gasteiger partial charge >= 0.3 is 0 Å². The molecule has 0 aliphatic carbocycles. The van der Waals surface area contributed by atoms with Crippen molar-refractivity contribution in [1.29, 1.82) is 0 Å². The van der Waals surface area contributed by atoms with Crippen molar-refractivity contribution in [1.82, 2.24) is 24.5 Å². The van der Waals surface area contributed by atoms with Crippen LogP contribution in [0.5, 0.6) is 0 Å². The van der Waals surface area contributed by atoms with E-state index in [0.29, 0.717) is 6.04 Å². The summed E-state index contributed by atoms with van der Waals surface area (Å²) in [5.74, 6) is 0. The van der Waals surface area contributed by atoms with E-state index in [1.807, 2.05) is 40.1 Å². The van der Waals surface area contributed by atoms with Crippen molar-refractivity contribution in [2.24, 2.45) is 0 Å². The van der Waals surface area contributed by atoms with Crippen LogP contribution in [0, 0.1) is 0 Å². The Hall–Kier alpha value is -2.40. The Balaban J connectivity index is 1.48. The lowest BCUT2D eigenvalue weighted by molar-refractivity contribution is 0.127. The van der Waals surface area contributed by atoms with Crippen LogP contribution in [-0.2, 0) is 13.1 Å². The first-order valence-corrected chi connectivity index (χ1v) is 9.19. The van der Waals surface area contributed by atoms with E-state index in [1.54, 1.807) is 0 Å². The second-order valence-corrected chi connectivity index (χ2v) is 6.76. The maximum atomic E-state index is 4.42. The molecule has 1 atom stereocenters. The molecule has 130 valence electrons. The number of nitrogens with zero attached hydrogens (tertiary/aromatic N) is 5. The van der Waals surface area contributed by atoms with Crippen molar-refractivity contribution in [3.8, 4) is 5.69 Å². The van der Waals surface area contributed by atoms with Gasteiger partial charge in [-0.2, -0.15) is 10.2 Å². The molecular weight excluding hydrogens is 310 g/mol. The van der Waals surface area contributed by atoms with Crippen LogP contribution in [0.15, 0.2) is 61.2 Å². The van der Waals surface area contributed by atoms with Gasteiger partial charge in [-0.1, -0.05) is 24.6 Å². The maximum Gasteiger partial charge on any atom is 0.0690 e. The van der Waals surface area contributed by atoms with E-state index in [0.717, 1.165) is 19.5 Å². The van der Waals surface area contributed by atoms with Gasteiger partial charge in [-0.15, -0.1) is 0 Å². The van der Waals surface area contributed by atoms with Gasteiger partial charge in [0.15, 0.2) is 0 Å². The summed E-state index contributed by atoms with van der Waals surface area (Å²) in [6, 6.07) is 13.2. The predicted octanol–water partition coefficient (Wildman–Crippen LogP) is 3.51. The number of likely N-dealkylation sites (tertiary alicyclic amines) is 1. The first-order valence-electron chi connectivity index (χ1n) is 9.19. The highest BCUT2D eigenvalue weighted by Gasteiger charge is 2.23. The smallest absolute Gasteiger partial charge is 0.0690 e. The number of hydrogen-bond acceptors (Lipinski definition) is 3. The van der Waals surface area contributed by atoms with E-state index in [-0.39, 0.29) is 0 Å². The average Bonchev–Trinajstić information content (AvgIpc) is 3.35. The fourth-order valence-corrected chi connectivity index (χ4v) is 3.81. The number of para-hydroxylation sites is 1. The average molecular weight is 335 g/mol. The first kappa shape index (κ1) is 16.1. The van der Waals surface area contributed by atoms with E-state index in [2.05, 4.69) is 45.6 Å². The minimum atomic E-state index is 0.628. The summed E-state index contributed by atoms with van der Waals surface area (Å²) in [5.41, 5.74) is 2.53. The lowest BCUT2D eigenvalue weighted by atomic mass is 9.98. The quantitative estimate of drug-likeness (QED) is 0.692. The van der Waals surface area contributed by atoms with Crippen LogP contribution in [0.2, 0.25) is 0 Å². The molecule has 4 rings (SSSR count). The van der Waals surface area contributed by atoms with Crippen LogP contribution in [0.4, 0.5) is 0 Å². The van der Waals surface area contributed by atoms with Crippen molar-refractivity contribution in [3.63, 3.8) is 0 Å². The van der Waals surface area contributed by atoms with Gasteiger partial charge < -0.3 is 0 Å². The fourth-order valence-electron chi connectivity index (χ4n) is 3.81. The predicted molar refractivity (Wildman–Crippen MR) is 98.5 cm³/mol. The molecule has 5 heteroatoms. The number of piperidine rings is 1. The minimum Gasteiger partial charge on any atom is -0.296 e. The Bertz CT molecular complexity index is 763. The highest BCUT2D eigenvalue weighted by molar-refractivity contribution is 5.40. The second-order valence-electron chi connectivity index (χ2n) is 6.76. The number of aryl methyl sites for hydroxylation is 1. The summed E-state index contributed by atoms with van der Waals surface area (Å²) in [4.78, 5) is 2.65. The highest BCUT2D eigenvalue weighted by atomic mass is 15.3. The third-order valence-electron chi connectivity index (χ3n) is 5.12. The molecule has 1 aliphatic rings. The van der Waals surface area contributed by atoms with Crippen LogP contribution in [0.3, 0.4) is 0 Å². The molecular formula is C20H25N5. The number of aromatic nitrogens is 4. The largest absolute Gasteiger partial charge is 0.296 e. The third-order valence-corrected chi connectivity index (χ3v) is 5.12. The van der Waals surface area contributed by atoms with Gasteiger partial charge in [-0.25, -0.2) is 4.68 Å². The summed E-state index contributed by atoms with van der Waals surface area (Å²) in [5, 5.41) is 8.76. The van der Waals surface area contributed by atoms with E-state index in [9.17, 15) is 0 Å². The molecule has 1 aliphatic heterocycles. The van der Waals surface area contributed by atoms with Gasteiger partial charge in [0.1, 0.15) is 0 Å². The number of benzene rings is 1. The van der Waals surface area contributed by atoms with E-state index >= 15 is 0 Å². The van der Waals surface area contributed by atoms with Crippen LogP contribution >= 0.6 is 0 Å². The van der Waals surface area contributed by atoms with Crippen LogP contribution in [0.1, 0.15) is 31.2 Å². The SMILES string of the molecule is c1ccc(-n2cccn2)c(CN2CCCC[C@H]2CCn2cccn2)c1. The summed E-state index contributed by atoms with van der Waals surface area (Å²) < 4.78 is 4.02. The molecule has 0 bridgehead atoms. The monoisotopic (exact) mass is 335 g/mol. The molecule has 5 nitrogen and oxygen atoms in total. The lowest BCUT2D eigenvalue weighted by Crippen LogP contribution is -2.39. The zero-order valence-electron chi connectivity index (χ0n) is 14.5. The van der Waals surface area contributed by atoms with E-state index in [1.165, 1.54) is 37.1 Å². The van der Waals surface area contributed by atoms with Crippen molar-refractivity contribution in [3.05, 3.63) is 66.7 Å². The lowest BCUT2D eigenvalue weighted by Gasteiger charge is -2.36. The highest BCUT2D eigenvalue weighted by Crippen LogP contribution is 2.24. The minimum absolute atomic E-state index is 0.628. The van der Waals surface area contributed by atoms with E-state index in [4.69, 9.17) is 0 Å². The Kier molecular flexibility index (Phi) is 4.93. The van der Waals surface area contributed by atoms with Gasteiger partial charge in [0.2, 0.25) is 0 Å². The molecule has 1 aromatic carbocycles. The van der Waals surface area contributed by atoms with Crippen LogP contribution in [0.25, 0.3) is 5.69 Å². The summed E-state index contributed by atoms with van der Waals surface area (Å²) in [6.07, 6.45) is 12.8. The third kappa shape index (κ3) is 3.82. The molecule has 0 spiro atoms. The molecule has 1 saturated heterocycles. The van der Waals surface area contributed by atoms with Gasteiger partial charge in [-0.05, 0) is 49.6 Å². The van der Waals surface area contributed by atoms with Crippen molar-refractivity contribution < 1.29 is 0 Å². The normalized spacial score (nSPS) is 18.5. The second kappa shape index (κ2) is 7.66. The Morgan fingerprint density at radius 3 is 2.68 bits per heavy atom. The molecule has 0 N–H and O–H groups in total. The van der Waals surface area contributed by atoms with Gasteiger partial charge in [0.25, 0.3) is 0 Å². The van der Waals surface area contributed by atoms with Crippen molar-refractivity contribution >= 4 is 0 Å². The van der Waals surface area contributed by atoms with Gasteiger partial charge in [0.05, 0.1) is 5.69 Å². The van der Waals surface area contributed by atoms with Crippen molar-refractivity contribution in [2.75, 3.05) is 6.54 Å². The number of rotatable bonds is 6. The molecule has 3 aromatic rings. The van der Waals surface area contributed by atoms with Gasteiger partial charge in [-0.3, -0.25) is 9.58 Å². The number of hydrogen-bond donors (Lipinski definition) is 0. The molecule has 25 heavy (non-hydrogen) atoms. The zero-order valence-corrected chi connectivity index (χ0v) is 14.5. The maximum absolute atomic E-state index is 4.42. The molecule has 0 unspecified atom stereocenters. The van der Waals surface area contributed by atoms with Crippen molar-refractivity contribution in [2.45, 2.75) is 44.8 Å². The molecule has 2 aromatic heterocycles. The zero-order chi connectivity index (χ0) is 16.9. The molecule has 0 saturated carbocycles. The topological polar surface area (TPSA) is 38.9 Å². The summed E-state index contributed by atoms with van der Waals surface area (Å²) in [7, 11) is 0. The fraction of sp³-hybridized carbons (Fsp3) is 0.400. The summed E-state index contributed by atoms with van der Waals surface area (Å²) in [6.45, 7) is 3.16.